The largest absolute Gasteiger partial charge is 0.381 e. The van der Waals surface area contributed by atoms with Gasteiger partial charge in [-0.2, -0.15) is 5.10 Å². The summed E-state index contributed by atoms with van der Waals surface area (Å²) in [6.07, 6.45) is 3.87. The maximum Gasteiger partial charge on any atom is 0.203 e. The molecule has 0 radical (unpaired) electrons. The molecule has 0 saturated carbocycles. The zero-order valence-electron chi connectivity index (χ0n) is 11.9. The van der Waals surface area contributed by atoms with E-state index in [1.54, 1.807) is 4.68 Å². The molecule has 2 heterocycles. The number of hydrogen-bond donors (Lipinski definition) is 2. The molecule has 0 fully saturated rings. The molecule has 2 aromatic heterocycles. The average molecular weight is 270 g/mol. The monoisotopic (exact) mass is 270 g/mol. The first kappa shape index (κ1) is 12.5. The molecule has 0 amide bonds. The van der Waals surface area contributed by atoms with Crippen molar-refractivity contribution in [3.8, 4) is 0 Å². The van der Waals surface area contributed by atoms with Crippen LogP contribution in [0.15, 0.2) is 30.6 Å². The van der Waals surface area contributed by atoms with Crippen molar-refractivity contribution < 1.29 is 0 Å². The summed E-state index contributed by atoms with van der Waals surface area (Å²) < 4.78 is 1.80. The first-order chi connectivity index (χ1) is 9.61. The van der Waals surface area contributed by atoms with Gasteiger partial charge < -0.3 is 15.2 Å². The van der Waals surface area contributed by atoms with Gasteiger partial charge >= 0.3 is 0 Å². The Hall–Kier alpha value is -2.50. The molecule has 20 heavy (non-hydrogen) atoms. The van der Waals surface area contributed by atoms with E-state index < -0.39 is 0 Å². The summed E-state index contributed by atoms with van der Waals surface area (Å²) in [6, 6.07) is 6.13. The molecular weight excluding hydrogens is 252 g/mol. The van der Waals surface area contributed by atoms with Crippen LogP contribution in [-0.4, -0.2) is 33.8 Å². The predicted octanol–water partition coefficient (Wildman–Crippen LogP) is 1.97. The molecule has 0 aliphatic heterocycles. The van der Waals surface area contributed by atoms with E-state index in [1.807, 2.05) is 50.6 Å². The fraction of sp³-hybridized carbons (Fsp3) is 0.286. The van der Waals surface area contributed by atoms with Crippen molar-refractivity contribution in [1.82, 2.24) is 19.7 Å². The molecule has 0 aliphatic carbocycles. The molecule has 0 spiro atoms. The van der Waals surface area contributed by atoms with Gasteiger partial charge in [0.25, 0.3) is 0 Å². The van der Waals surface area contributed by atoms with E-state index in [9.17, 15) is 0 Å². The van der Waals surface area contributed by atoms with E-state index in [2.05, 4.69) is 26.4 Å². The van der Waals surface area contributed by atoms with Crippen LogP contribution in [0.2, 0.25) is 0 Å². The van der Waals surface area contributed by atoms with Crippen molar-refractivity contribution in [1.29, 1.82) is 0 Å². The van der Waals surface area contributed by atoms with Gasteiger partial charge in [0.05, 0.1) is 17.2 Å². The summed E-state index contributed by atoms with van der Waals surface area (Å²) in [4.78, 5) is 9.76. The number of aromatic amines is 1. The number of nitrogens with one attached hydrogen (secondary N) is 2. The number of aryl methyl sites for hydroxylation is 1. The van der Waals surface area contributed by atoms with E-state index >= 15 is 0 Å². The number of anilines is 2. The standard InChI is InChI=1S/C14H18N6/c1-19(2)14-17-12-5-4-11(6-13(12)18-14)15-7-10-8-16-20(3)9-10/h4-6,8-9,15H,7H2,1-3H3,(H,17,18). The van der Waals surface area contributed by atoms with Gasteiger partial charge in [0.2, 0.25) is 5.95 Å². The van der Waals surface area contributed by atoms with Gasteiger partial charge in [-0.25, -0.2) is 4.98 Å². The Balaban J connectivity index is 1.78. The number of imidazole rings is 1. The molecule has 0 aliphatic rings. The van der Waals surface area contributed by atoms with Crippen molar-refractivity contribution in [2.75, 3.05) is 24.3 Å². The molecule has 2 N–H and O–H groups in total. The smallest absolute Gasteiger partial charge is 0.203 e. The fourth-order valence-corrected chi connectivity index (χ4v) is 2.09. The minimum absolute atomic E-state index is 0.758. The van der Waals surface area contributed by atoms with Crippen LogP contribution in [-0.2, 0) is 13.6 Å². The zero-order chi connectivity index (χ0) is 14.1. The van der Waals surface area contributed by atoms with Gasteiger partial charge in [-0.05, 0) is 18.2 Å². The molecule has 3 aromatic rings. The van der Waals surface area contributed by atoms with E-state index in [4.69, 9.17) is 0 Å². The van der Waals surface area contributed by atoms with E-state index in [0.29, 0.717) is 0 Å². The second-order valence-corrected chi connectivity index (χ2v) is 5.06. The van der Waals surface area contributed by atoms with Gasteiger partial charge in [-0.15, -0.1) is 0 Å². The van der Waals surface area contributed by atoms with Gasteiger partial charge in [-0.1, -0.05) is 0 Å². The molecule has 0 saturated heterocycles. The summed E-state index contributed by atoms with van der Waals surface area (Å²) in [5, 5.41) is 7.55. The summed E-state index contributed by atoms with van der Waals surface area (Å²) in [5.41, 5.74) is 4.23. The van der Waals surface area contributed by atoms with Crippen LogP contribution in [0.5, 0.6) is 0 Å². The van der Waals surface area contributed by atoms with Crippen LogP contribution in [0.25, 0.3) is 11.0 Å². The lowest BCUT2D eigenvalue weighted by Crippen LogP contribution is -2.09. The van der Waals surface area contributed by atoms with Gasteiger partial charge in [0.15, 0.2) is 0 Å². The van der Waals surface area contributed by atoms with Crippen molar-refractivity contribution in [3.63, 3.8) is 0 Å². The highest BCUT2D eigenvalue weighted by Gasteiger charge is 2.05. The lowest BCUT2D eigenvalue weighted by molar-refractivity contribution is 0.767. The number of H-pyrrole nitrogens is 1. The van der Waals surface area contributed by atoms with Crippen LogP contribution < -0.4 is 10.2 Å². The number of hydrogen-bond acceptors (Lipinski definition) is 4. The van der Waals surface area contributed by atoms with Crippen LogP contribution in [0.4, 0.5) is 11.6 Å². The number of aromatic nitrogens is 4. The topological polar surface area (TPSA) is 61.8 Å². The van der Waals surface area contributed by atoms with Crippen LogP contribution in [0, 0.1) is 0 Å². The highest BCUT2D eigenvalue weighted by molar-refractivity contribution is 5.81. The maximum atomic E-state index is 4.50. The van der Waals surface area contributed by atoms with Crippen LogP contribution in [0.3, 0.4) is 0 Å². The normalized spacial score (nSPS) is 10.9. The fourth-order valence-electron chi connectivity index (χ4n) is 2.09. The number of rotatable bonds is 4. The van der Waals surface area contributed by atoms with Gasteiger partial charge in [0, 0.05) is 45.1 Å². The Labute approximate surface area is 117 Å². The summed E-state index contributed by atoms with van der Waals surface area (Å²) in [7, 11) is 5.86. The predicted molar refractivity (Wildman–Crippen MR) is 81.0 cm³/mol. The molecule has 104 valence electrons. The maximum absolute atomic E-state index is 4.50. The second-order valence-electron chi connectivity index (χ2n) is 5.06. The SMILES string of the molecule is CN(C)c1nc2ccc(NCc3cnn(C)c3)cc2[nH]1. The number of fused-ring (bicyclic) bond motifs is 1. The van der Waals surface area contributed by atoms with Gasteiger partial charge in [-0.3, -0.25) is 4.68 Å². The number of benzene rings is 1. The molecule has 6 heteroatoms. The van der Waals surface area contributed by atoms with Crippen molar-refractivity contribution in [2.45, 2.75) is 6.54 Å². The van der Waals surface area contributed by atoms with E-state index in [-0.39, 0.29) is 0 Å². The van der Waals surface area contributed by atoms with Crippen molar-refractivity contribution in [2.24, 2.45) is 7.05 Å². The minimum atomic E-state index is 0.758. The third kappa shape index (κ3) is 2.45. The zero-order valence-corrected chi connectivity index (χ0v) is 11.9. The van der Waals surface area contributed by atoms with Crippen LogP contribution >= 0.6 is 0 Å². The molecule has 0 bridgehead atoms. The first-order valence-electron chi connectivity index (χ1n) is 6.50. The first-order valence-corrected chi connectivity index (χ1v) is 6.50. The Morgan fingerprint density at radius 1 is 1.35 bits per heavy atom. The molecule has 0 atom stereocenters. The molecule has 1 aromatic carbocycles. The lowest BCUT2D eigenvalue weighted by Gasteiger charge is -2.05. The minimum Gasteiger partial charge on any atom is -0.381 e. The average Bonchev–Trinajstić information content (AvgIpc) is 3.01. The quantitative estimate of drug-likeness (QED) is 0.761. The third-order valence-corrected chi connectivity index (χ3v) is 3.15. The van der Waals surface area contributed by atoms with Crippen molar-refractivity contribution >= 4 is 22.7 Å². The highest BCUT2D eigenvalue weighted by Crippen LogP contribution is 2.20. The van der Waals surface area contributed by atoms with E-state index in [1.165, 1.54) is 0 Å². The second kappa shape index (κ2) is 4.88. The molecule has 3 rings (SSSR count). The molecular formula is C14H18N6. The Morgan fingerprint density at radius 2 is 2.20 bits per heavy atom. The summed E-state index contributed by atoms with van der Waals surface area (Å²) >= 11 is 0. The lowest BCUT2D eigenvalue weighted by atomic mass is 10.2. The highest BCUT2D eigenvalue weighted by atomic mass is 15.2. The van der Waals surface area contributed by atoms with Gasteiger partial charge in [0.1, 0.15) is 0 Å². The Morgan fingerprint density at radius 3 is 2.90 bits per heavy atom. The Bertz CT molecular complexity index is 724. The third-order valence-electron chi connectivity index (χ3n) is 3.15. The summed E-state index contributed by atoms with van der Waals surface area (Å²) in [6.45, 7) is 0.758. The molecule has 0 unspecified atom stereocenters. The summed E-state index contributed by atoms with van der Waals surface area (Å²) in [5.74, 6) is 0.865. The molecule has 6 nitrogen and oxygen atoms in total. The number of nitrogens with zero attached hydrogens (tertiary/aromatic N) is 4. The Kier molecular flexibility index (Phi) is 3.06. The van der Waals surface area contributed by atoms with Crippen LogP contribution in [0.1, 0.15) is 5.56 Å². The van der Waals surface area contributed by atoms with E-state index in [0.717, 1.165) is 34.8 Å². The van der Waals surface area contributed by atoms with Crippen molar-refractivity contribution in [3.05, 3.63) is 36.2 Å².